The van der Waals surface area contributed by atoms with Crippen molar-refractivity contribution in [1.29, 1.82) is 0 Å². The van der Waals surface area contributed by atoms with Gasteiger partial charge in [0.15, 0.2) is 0 Å². The first kappa shape index (κ1) is 17.7. The average Bonchev–Trinajstić information content (AvgIpc) is 2.34. The summed E-state index contributed by atoms with van der Waals surface area (Å²) in [4.78, 5) is 0. The fourth-order valence-electron chi connectivity index (χ4n) is 1.96. The van der Waals surface area contributed by atoms with Gasteiger partial charge >= 0.3 is 5.51 Å². The molecule has 0 heterocycles. The SMILES string of the molecule is CCNCC(CCSC(F)(F)F)Cc1cccc(Cl)c1. The van der Waals surface area contributed by atoms with Crippen LogP contribution in [0.1, 0.15) is 18.9 Å². The Labute approximate surface area is 127 Å². The molecule has 0 aliphatic rings. The van der Waals surface area contributed by atoms with Crippen LogP contribution in [0.15, 0.2) is 24.3 Å². The van der Waals surface area contributed by atoms with Gasteiger partial charge in [0, 0.05) is 10.8 Å². The molecule has 0 saturated heterocycles. The zero-order valence-electron chi connectivity index (χ0n) is 11.3. The van der Waals surface area contributed by atoms with Gasteiger partial charge in [-0.3, -0.25) is 0 Å². The van der Waals surface area contributed by atoms with E-state index >= 15 is 0 Å². The first-order valence-electron chi connectivity index (χ1n) is 6.56. The molecule has 0 spiro atoms. The molecule has 1 aromatic carbocycles. The maximum Gasteiger partial charge on any atom is 0.441 e. The second kappa shape index (κ2) is 8.80. The molecule has 1 unspecified atom stereocenters. The number of hydrogen-bond acceptors (Lipinski definition) is 2. The molecule has 1 rings (SSSR count). The van der Waals surface area contributed by atoms with Crippen LogP contribution in [-0.2, 0) is 6.42 Å². The minimum Gasteiger partial charge on any atom is -0.317 e. The van der Waals surface area contributed by atoms with Gasteiger partial charge in [0.2, 0.25) is 0 Å². The summed E-state index contributed by atoms with van der Waals surface area (Å²) in [6, 6.07) is 7.50. The number of alkyl halides is 3. The Bertz CT molecular complexity index is 398. The van der Waals surface area contributed by atoms with Crippen molar-refractivity contribution in [2.45, 2.75) is 25.3 Å². The van der Waals surface area contributed by atoms with Crippen LogP contribution in [-0.4, -0.2) is 24.4 Å². The van der Waals surface area contributed by atoms with Crippen LogP contribution in [0.5, 0.6) is 0 Å². The Morgan fingerprint density at radius 2 is 2.10 bits per heavy atom. The lowest BCUT2D eigenvalue weighted by molar-refractivity contribution is -0.0328. The molecule has 6 heteroatoms. The van der Waals surface area contributed by atoms with Gasteiger partial charge in [-0.15, -0.1) is 0 Å². The number of nitrogens with one attached hydrogen (secondary N) is 1. The Balaban J connectivity index is 2.50. The fourth-order valence-corrected chi connectivity index (χ4v) is 2.86. The van der Waals surface area contributed by atoms with Gasteiger partial charge in [-0.05, 0) is 49.5 Å². The Kier molecular flexibility index (Phi) is 7.77. The molecular weight excluding hydrogens is 307 g/mol. The van der Waals surface area contributed by atoms with Gasteiger partial charge in [-0.2, -0.15) is 13.2 Å². The predicted octanol–water partition coefficient (Wildman–Crippen LogP) is 4.75. The van der Waals surface area contributed by atoms with Gasteiger partial charge in [0.25, 0.3) is 0 Å². The minimum atomic E-state index is -4.14. The lowest BCUT2D eigenvalue weighted by Crippen LogP contribution is -2.25. The molecule has 0 aliphatic heterocycles. The van der Waals surface area contributed by atoms with Crippen LogP contribution in [0.25, 0.3) is 0 Å². The molecule has 0 amide bonds. The Morgan fingerprint density at radius 3 is 2.70 bits per heavy atom. The Hall–Kier alpha value is -0.390. The van der Waals surface area contributed by atoms with Gasteiger partial charge in [0.1, 0.15) is 0 Å². The van der Waals surface area contributed by atoms with Crippen molar-refractivity contribution in [1.82, 2.24) is 5.32 Å². The topological polar surface area (TPSA) is 12.0 Å². The highest BCUT2D eigenvalue weighted by molar-refractivity contribution is 8.00. The summed E-state index contributed by atoms with van der Waals surface area (Å²) >= 11 is 5.98. The van der Waals surface area contributed by atoms with E-state index in [0.717, 1.165) is 25.1 Å². The quantitative estimate of drug-likeness (QED) is 0.740. The molecule has 0 fully saturated rings. The van der Waals surface area contributed by atoms with Crippen molar-refractivity contribution in [2.24, 2.45) is 5.92 Å². The average molecular weight is 326 g/mol. The van der Waals surface area contributed by atoms with Crippen molar-refractivity contribution >= 4 is 23.4 Å². The number of benzene rings is 1. The van der Waals surface area contributed by atoms with E-state index in [9.17, 15) is 13.2 Å². The molecule has 0 bridgehead atoms. The zero-order chi connectivity index (χ0) is 15.0. The van der Waals surface area contributed by atoms with Crippen LogP contribution in [0.4, 0.5) is 13.2 Å². The first-order chi connectivity index (χ1) is 9.40. The summed E-state index contributed by atoms with van der Waals surface area (Å²) in [7, 11) is 0. The van der Waals surface area contributed by atoms with E-state index in [-0.39, 0.29) is 23.4 Å². The third kappa shape index (κ3) is 8.02. The number of rotatable bonds is 8. The molecule has 1 aromatic rings. The molecule has 1 nitrogen and oxygen atoms in total. The van der Waals surface area contributed by atoms with Crippen LogP contribution >= 0.6 is 23.4 Å². The third-order valence-electron chi connectivity index (χ3n) is 2.89. The van der Waals surface area contributed by atoms with Gasteiger partial charge in [-0.25, -0.2) is 0 Å². The lowest BCUT2D eigenvalue weighted by atomic mass is 9.97. The van der Waals surface area contributed by atoms with E-state index in [2.05, 4.69) is 5.32 Å². The Morgan fingerprint density at radius 1 is 1.35 bits per heavy atom. The number of thioether (sulfide) groups is 1. The van der Waals surface area contributed by atoms with E-state index in [0.29, 0.717) is 11.4 Å². The van der Waals surface area contributed by atoms with Crippen molar-refractivity contribution in [3.8, 4) is 0 Å². The van der Waals surface area contributed by atoms with Crippen molar-refractivity contribution in [2.75, 3.05) is 18.8 Å². The summed E-state index contributed by atoms with van der Waals surface area (Å²) in [5, 5.41) is 3.87. The van der Waals surface area contributed by atoms with Crippen LogP contribution in [0.2, 0.25) is 5.02 Å². The van der Waals surface area contributed by atoms with E-state index in [1.165, 1.54) is 0 Å². The molecule has 114 valence electrons. The predicted molar refractivity (Wildman–Crippen MR) is 80.3 cm³/mol. The molecule has 0 aliphatic carbocycles. The summed E-state index contributed by atoms with van der Waals surface area (Å²) < 4.78 is 36.5. The summed E-state index contributed by atoms with van der Waals surface area (Å²) in [6.45, 7) is 3.53. The second-order valence-electron chi connectivity index (χ2n) is 4.59. The highest BCUT2D eigenvalue weighted by Crippen LogP contribution is 2.31. The lowest BCUT2D eigenvalue weighted by Gasteiger charge is -2.18. The highest BCUT2D eigenvalue weighted by atomic mass is 35.5. The molecule has 0 radical (unpaired) electrons. The zero-order valence-corrected chi connectivity index (χ0v) is 12.9. The third-order valence-corrected chi connectivity index (χ3v) is 3.89. The molecule has 1 N–H and O–H groups in total. The standard InChI is InChI=1S/C14H19ClF3NS/c1-2-19-10-12(6-7-20-14(16,17)18)8-11-4-3-5-13(15)9-11/h3-5,9,12,19H,2,6-8,10H2,1H3. The number of hydrogen-bond donors (Lipinski definition) is 1. The summed E-state index contributed by atoms with van der Waals surface area (Å²) in [6.07, 6.45) is 1.27. The minimum absolute atomic E-state index is 0.0552. The van der Waals surface area contributed by atoms with Crippen molar-refractivity contribution in [3.63, 3.8) is 0 Å². The highest BCUT2D eigenvalue weighted by Gasteiger charge is 2.28. The fraction of sp³-hybridized carbons (Fsp3) is 0.571. The van der Waals surface area contributed by atoms with Crippen molar-refractivity contribution in [3.05, 3.63) is 34.9 Å². The van der Waals surface area contributed by atoms with E-state index in [4.69, 9.17) is 11.6 Å². The van der Waals surface area contributed by atoms with Gasteiger partial charge < -0.3 is 5.32 Å². The van der Waals surface area contributed by atoms with E-state index in [1.54, 1.807) is 6.07 Å². The normalized spacial score (nSPS) is 13.4. The van der Waals surface area contributed by atoms with Crippen LogP contribution < -0.4 is 5.32 Å². The summed E-state index contributed by atoms with van der Waals surface area (Å²) in [5.41, 5.74) is -3.07. The van der Waals surface area contributed by atoms with Crippen molar-refractivity contribution < 1.29 is 13.2 Å². The second-order valence-corrected chi connectivity index (χ2v) is 6.19. The monoisotopic (exact) mass is 325 g/mol. The maximum atomic E-state index is 12.2. The van der Waals surface area contributed by atoms with Crippen LogP contribution in [0.3, 0.4) is 0 Å². The van der Waals surface area contributed by atoms with E-state index in [1.807, 2.05) is 25.1 Å². The molecule has 0 saturated carbocycles. The smallest absolute Gasteiger partial charge is 0.317 e. The molecule has 1 atom stereocenters. The number of halogens is 4. The van der Waals surface area contributed by atoms with Gasteiger partial charge in [-0.1, -0.05) is 42.4 Å². The molecular formula is C14H19ClF3NS. The first-order valence-corrected chi connectivity index (χ1v) is 7.93. The summed E-state index contributed by atoms with van der Waals surface area (Å²) in [5.74, 6) is 0.281. The largest absolute Gasteiger partial charge is 0.441 e. The maximum absolute atomic E-state index is 12.2. The molecule has 20 heavy (non-hydrogen) atoms. The van der Waals surface area contributed by atoms with Crippen LogP contribution in [0, 0.1) is 5.92 Å². The van der Waals surface area contributed by atoms with E-state index < -0.39 is 5.51 Å². The van der Waals surface area contributed by atoms with Gasteiger partial charge in [0.05, 0.1) is 0 Å². The molecule has 0 aromatic heterocycles.